The number of hydrogen-bond acceptors (Lipinski definition) is 6. The van der Waals surface area contributed by atoms with Crippen molar-refractivity contribution < 1.29 is 23.5 Å². The summed E-state index contributed by atoms with van der Waals surface area (Å²) in [6.07, 6.45) is 1.34. The number of carbonyl (C=O) groups is 3. The number of ether oxygens (including phenoxy) is 1. The first kappa shape index (κ1) is 18.6. The molecule has 25 heavy (non-hydrogen) atoms. The number of benzene rings is 1. The summed E-state index contributed by atoms with van der Waals surface area (Å²) < 4.78 is 9.73. The number of carbonyl (C=O) groups excluding carboxylic acids is 3. The van der Waals surface area contributed by atoms with Crippen LogP contribution in [0.4, 0.5) is 0 Å². The molecule has 2 amide bonds. The molecule has 1 heterocycles. The van der Waals surface area contributed by atoms with Crippen LogP contribution in [0.5, 0.6) is 0 Å². The van der Waals surface area contributed by atoms with Gasteiger partial charge >= 0.3 is 11.9 Å². The highest BCUT2D eigenvalue weighted by atomic mass is 32.2. The Bertz CT molecular complexity index is 758. The zero-order valence-electron chi connectivity index (χ0n) is 13.8. The summed E-state index contributed by atoms with van der Waals surface area (Å²) in [6, 6.07) is 8.94. The zero-order chi connectivity index (χ0) is 18.2. The molecular formula is C17H18N2O5S. The van der Waals surface area contributed by atoms with Crippen LogP contribution in [0, 0.1) is 13.8 Å². The monoisotopic (exact) mass is 362 g/mol. The van der Waals surface area contributed by atoms with Gasteiger partial charge in [-0.3, -0.25) is 25.2 Å². The van der Waals surface area contributed by atoms with E-state index in [-0.39, 0.29) is 11.5 Å². The first-order valence-electron chi connectivity index (χ1n) is 7.44. The minimum atomic E-state index is -0.648. The molecule has 0 unspecified atom stereocenters. The highest BCUT2D eigenvalue weighted by molar-refractivity contribution is 8.00. The molecule has 0 bridgehead atoms. The average molecular weight is 362 g/mol. The Morgan fingerprint density at radius 2 is 1.96 bits per heavy atom. The largest absolute Gasteiger partial charge is 0.459 e. The third-order valence-electron chi connectivity index (χ3n) is 3.10. The molecule has 0 saturated carbocycles. The molecule has 2 aromatic rings. The fourth-order valence-corrected chi connectivity index (χ4v) is 2.73. The lowest BCUT2D eigenvalue weighted by molar-refractivity contribution is -0.146. The van der Waals surface area contributed by atoms with E-state index in [1.165, 1.54) is 24.1 Å². The lowest BCUT2D eigenvalue weighted by atomic mass is 10.2. The zero-order valence-corrected chi connectivity index (χ0v) is 14.6. The van der Waals surface area contributed by atoms with E-state index in [4.69, 9.17) is 9.15 Å². The first-order chi connectivity index (χ1) is 12.0. The lowest BCUT2D eigenvalue weighted by Crippen LogP contribution is -2.43. The third-order valence-corrected chi connectivity index (χ3v) is 4.25. The van der Waals surface area contributed by atoms with Crippen LogP contribution in [0.3, 0.4) is 0 Å². The Balaban J connectivity index is 1.67. The fourth-order valence-electron chi connectivity index (χ4n) is 1.92. The van der Waals surface area contributed by atoms with E-state index in [2.05, 4.69) is 10.9 Å². The van der Waals surface area contributed by atoms with E-state index in [0.29, 0.717) is 0 Å². The molecule has 132 valence electrons. The molecule has 0 saturated heterocycles. The summed E-state index contributed by atoms with van der Waals surface area (Å²) in [7, 11) is 0. The number of rotatable bonds is 6. The molecule has 7 nitrogen and oxygen atoms in total. The summed E-state index contributed by atoms with van der Waals surface area (Å²) in [5.41, 5.74) is 6.51. The Morgan fingerprint density at radius 1 is 1.16 bits per heavy atom. The standard InChI is InChI=1S/C17H18N2O5S/c1-11-5-6-14(12(2)8-11)25-10-16(21)24-9-15(20)18-19-17(22)13-4-3-7-23-13/h3-8H,9-10H2,1-2H3,(H,18,20)(H,19,22). The Hall–Kier alpha value is -2.74. The molecule has 0 aliphatic carbocycles. The predicted molar refractivity (Wildman–Crippen MR) is 91.9 cm³/mol. The average Bonchev–Trinajstić information content (AvgIpc) is 3.11. The molecule has 8 heteroatoms. The van der Waals surface area contributed by atoms with E-state index in [1.807, 2.05) is 32.0 Å². The molecule has 0 fully saturated rings. The number of aryl methyl sites for hydroxylation is 2. The van der Waals surface area contributed by atoms with Gasteiger partial charge in [0.15, 0.2) is 12.4 Å². The number of furan rings is 1. The highest BCUT2D eigenvalue weighted by Gasteiger charge is 2.12. The van der Waals surface area contributed by atoms with Crippen molar-refractivity contribution in [2.24, 2.45) is 0 Å². The van der Waals surface area contributed by atoms with E-state index >= 15 is 0 Å². The molecule has 1 aromatic heterocycles. The molecule has 0 atom stereocenters. The quantitative estimate of drug-likeness (QED) is 0.463. The van der Waals surface area contributed by atoms with Gasteiger partial charge in [0.25, 0.3) is 5.91 Å². The Morgan fingerprint density at radius 3 is 2.64 bits per heavy atom. The second-order valence-electron chi connectivity index (χ2n) is 5.20. The van der Waals surface area contributed by atoms with Gasteiger partial charge in [-0.05, 0) is 37.6 Å². The van der Waals surface area contributed by atoms with Gasteiger partial charge in [0.05, 0.1) is 12.0 Å². The topological polar surface area (TPSA) is 97.6 Å². The van der Waals surface area contributed by atoms with Crippen LogP contribution in [0.25, 0.3) is 0 Å². The Kier molecular flexibility index (Phi) is 6.64. The summed E-state index contributed by atoms with van der Waals surface area (Å²) >= 11 is 1.34. The summed E-state index contributed by atoms with van der Waals surface area (Å²) in [5.74, 6) is -1.62. The van der Waals surface area contributed by atoms with Crippen molar-refractivity contribution in [3.8, 4) is 0 Å². The molecular weight excluding hydrogens is 344 g/mol. The molecule has 0 aliphatic rings. The fraction of sp³-hybridized carbons (Fsp3) is 0.235. The van der Waals surface area contributed by atoms with Gasteiger partial charge in [-0.15, -0.1) is 11.8 Å². The van der Waals surface area contributed by atoms with Gasteiger partial charge in [0, 0.05) is 4.90 Å². The maximum absolute atomic E-state index is 11.7. The third kappa shape index (κ3) is 6.00. The second-order valence-corrected chi connectivity index (χ2v) is 6.22. The van der Waals surface area contributed by atoms with Gasteiger partial charge in [-0.25, -0.2) is 0 Å². The first-order valence-corrected chi connectivity index (χ1v) is 8.42. The lowest BCUT2D eigenvalue weighted by Gasteiger charge is -2.08. The van der Waals surface area contributed by atoms with Gasteiger partial charge in [0.1, 0.15) is 0 Å². The van der Waals surface area contributed by atoms with Crippen LogP contribution in [0.15, 0.2) is 45.9 Å². The van der Waals surface area contributed by atoms with Crippen molar-refractivity contribution in [3.63, 3.8) is 0 Å². The van der Waals surface area contributed by atoms with Crippen molar-refractivity contribution >= 4 is 29.5 Å². The highest BCUT2D eigenvalue weighted by Crippen LogP contribution is 2.23. The number of thioether (sulfide) groups is 1. The van der Waals surface area contributed by atoms with E-state index in [0.717, 1.165) is 16.0 Å². The van der Waals surface area contributed by atoms with Crippen molar-refractivity contribution in [3.05, 3.63) is 53.5 Å². The smallest absolute Gasteiger partial charge is 0.316 e. The number of nitrogens with one attached hydrogen (secondary N) is 2. The normalized spacial score (nSPS) is 10.2. The van der Waals surface area contributed by atoms with E-state index in [1.54, 1.807) is 6.07 Å². The van der Waals surface area contributed by atoms with Crippen molar-refractivity contribution in [1.29, 1.82) is 0 Å². The maximum Gasteiger partial charge on any atom is 0.316 e. The number of hydrogen-bond donors (Lipinski definition) is 2. The van der Waals surface area contributed by atoms with Crippen LogP contribution in [0.2, 0.25) is 0 Å². The minimum Gasteiger partial charge on any atom is -0.459 e. The SMILES string of the molecule is Cc1ccc(SCC(=O)OCC(=O)NNC(=O)c2ccco2)c(C)c1. The van der Waals surface area contributed by atoms with Gasteiger partial charge < -0.3 is 9.15 Å². The van der Waals surface area contributed by atoms with Crippen molar-refractivity contribution in [2.45, 2.75) is 18.7 Å². The summed E-state index contributed by atoms with van der Waals surface area (Å²) in [4.78, 5) is 35.8. The molecule has 0 aliphatic heterocycles. The van der Waals surface area contributed by atoms with Gasteiger partial charge in [-0.2, -0.15) is 0 Å². The minimum absolute atomic E-state index is 0.0576. The number of esters is 1. The van der Waals surface area contributed by atoms with E-state index in [9.17, 15) is 14.4 Å². The number of hydrazine groups is 1. The van der Waals surface area contributed by atoms with Crippen LogP contribution >= 0.6 is 11.8 Å². The summed E-state index contributed by atoms with van der Waals surface area (Å²) in [6.45, 7) is 3.49. The van der Waals surface area contributed by atoms with Crippen LogP contribution in [-0.2, 0) is 14.3 Å². The molecule has 2 rings (SSSR count). The van der Waals surface area contributed by atoms with Crippen molar-refractivity contribution in [2.75, 3.05) is 12.4 Å². The molecule has 0 radical (unpaired) electrons. The second kappa shape index (κ2) is 8.93. The van der Waals surface area contributed by atoms with Gasteiger partial charge in [-0.1, -0.05) is 17.7 Å². The number of amides is 2. The van der Waals surface area contributed by atoms with Crippen LogP contribution < -0.4 is 10.9 Å². The van der Waals surface area contributed by atoms with Crippen LogP contribution in [0.1, 0.15) is 21.7 Å². The predicted octanol–water partition coefficient (Wildman–Crippen LogP) is 1.99. The molecule has 2 N–H and O–H groups in total. The summed E-state index contributed by atoms with van der Waals surface area (Å²) in [5, 5.41) is 0. The van der Waals surface area contributed by atoms with E-state index < -0.39 is 24.4 Å². The maximum atomic E-state index is 11.7. The van der Waals surface area contributed by atoms with Crippen molar-refractivity contribution in [1.82, 2.24) is 10.9 Å². The van der Waals surface area contributed by atoms with Crippen LogP contribution in [-0.4, -0.2) is 30.1 Å². The van der Waals surface area contributed by atoms with Gasteiger partial charge in [0.2, 0.25) is 0 Å². The molecule has 0 spiro atoms. The Labute approximate surface area is 149 Å². The molecule has 1 aromatic carbocycles.